The Morgan fingerprint density at radius 3 is 2.94 bits per heavy atom. The third-order valence-corrected chi connectivity index (χ3v) is 3.01. The van der Waals surface area contributed by atoms with Gasteiger partial charge in [-0.05, 0) is 19.8 Å². The molecule has 0 saturated carbocycles. The van der Waals surface area contributed by atoms with Crippen LogP contribution in [-0.2, 0) is 4.74 Å². The summed E-state index contributed by atoms with van der Waals surface area (Å²) in [5, 5.41) is 9.11. The number of ether oxygens (including phenoxy) is 1. The number of hydrogen-bond donors (Lipinski definition) is 1. The van der Waals surface area contributed by atoms with Crippen LogP contribution in [0.2, 0.25) is 0 Å². The largest absolute Gasteiger partial charge is 0.476 e. The third-order valence-electron chi connectivity index (χ3n) is 3.01. The second-order valence-corrected chi connectivity index (χ2v) is 4.21. The van der Waals surface area contributed by atoms with E-state index in [0.29, 0.717) is 18.9 Å². The Labute approximate surface area is 106 Å². The van der Waals surface area contributed by atoms with Crippen LogP contribution in [0.4, 0.5) is 5.82 Å². The molecule has 0 radical (unpaired) electrons. The van der Waals surface area contributed by atoms with E-state index in [0.717, 1.165) is 19.4 Å². The normalized spacial score (nSPS) is 18.8. The maximum Gasteiger partial charge on any atom is 0.358 e. The van der Waals surface area contributed by atoms with E-state index >= 15 is 0 Å². The van der Waals surface area contributed by atoms with Gasteiger partial charge in [-0.2, -0.15) is 0 Å². The summed E-state index contributed by atoms with van der Waals surface area (Å²) in [6.45, 7) is 4.10. The number of carboxylic acid groups (broad SMARTS) is 1. The minimum Gasteiger partial charge on any atom is -0.476 e. The quantitative estimate of drug-likeness (QED) is 0.847. The highest BCUT2D eigenvalue weighted by atomic mass is 16.5. The molecule has 1 N–H and O–H groups in total. The van der Waals surface area contributed by atoms with Crippen molar-refractivity contribution in [1.29, 1.82) is 0 Å². The molecule has 0 bridgehead atoms. The van der Waals surface area contributed by atoms with Crippen LogP contribution in [0, 0.1) is 0 Å². The van der Waals surface area contributed by atoms with Crippen LogP contribution in [0.5, 0.6) is 0 Å². The molecule has 6 heteroatoms. The molecule has 1 aromatic heterocycles. The fraction of sp³-hybridized carbons (Fsp3) is 0.583. The molecule has 1 fully saturated rings. The van der Waals surface area contributed by atoms with E-state index in [1.54, 1.807) is 0 Å². The minimum absolute atomic E-state index is 0.00246. The zero-order valence-corrected chi connectivity index (χ0v) is 10.4. The lowest BCUT2D eigenvalue weighted by Crippen LogP contribution is -2.34. The van der Waals surface area contributed by atoms with Crippen molar-refractivity contribution < 1.29 is 14.6 Å². The van der Waals surface area contributed by atoms with E-state index in [4.69, 9.17) is 9.84 Å². The van der Waals surface area contributed by atoms with Gasteiger partial charge in [0, 0.05) is 32.1 Å². The SMILES string of the molecule is CCN(CC1CCCO1)c1nccnc1C(=O)O. The van der Waals surface area contributed by atoms with Gasteiger partial charge >= 0.3 is 5.97 Å². The van der Waals surface area contributed by atoms with Crippen molar-refractivity contribution in [2.24, 2.45) is 0 Å². The van der Waals surface area contributed by atoms with Crippen molar-refractivity contribution in [1.82, 2.24) is 9.97 Å². The lowest BCUT2D eigenvalue weighted by molar-refractivity contribution is 0.0690. The lowest BCUT2D eigenvalue weighted by Gasteiger charge is -2.25. The van der Waals surface area contributed by atoms with Gasteiger partial charge in [-0.3, -0.25) is 0 Å². The second kappa shape index (κ2) is 5.77. The van der Waals surface area contributed by atoms with Gasteiger partial charge in [-0.15, -0.1) is 0 Å². The van der Waals surface area contributed by atoms with Crippen LogP contribution in [-0.4, -0.2) is 46.8 Å². The highest BCUT2D eigenvalue weighted by Gasteiger charge is 2.23. The standard InChI is InChI=1S/C12H17N3O3/c1-2-15(8-9-4-3-7-18-9)11-10(12(16)17)13-5-6-14-11/h5-6,9H,2-4,7-8H2,1H3,(H,16,17). The van der Waals surface area contributed by atoms with Gasteiger partial charge < -0.3 is 14.7 Å². The summed E-state index contributed by atoms with van der Waals surface area (Å²) in [7, 11) is 0. The molecule has 0 aromatic carbocycles. The predicted molar refractivity (Wildman–Crippen MR) is 65.9 cm³/mol. The zero-order valence-electron chi connectivity index (χ0n) is 10.4. The number of rotatable bonds is 5. The molecule has 6 nitrogen and oxygen atoms in total. The Balaban J connectivity index is 2.18. The van der Waals surface area contributed by atoms with Crippen molar-refractivity contribution in [2.75, 3.05) is 24.6 Å². The first-order valence-electron chi connectivity index (χ1n) is 6.13. The van der Waals surface area contributed by atoms with E-state index in [2.05, 4.69) is 9.97 Å². The monoisotopic (exact) mass is 251 g/mol. The van der Waals surface area contributed by atoms with E-state index < -0.39 is 5.97 Å². The summed E-state index contributed by atoms with van der Waals surface area (Å²) in [6.07, 6.45) is 5.15. The van der Waals surface area contributed by atoms with Crippen LogP contribution in [0.15, 0.2) is 12.4 Å². The van der Waals surface area contributed by atoms with Crippen molar-refractivity contribution in [3.05, 3.63) is 18.1 Å². The molecular formula is C12H17N3O3. The molecule has 2 heterocycles. The molecule has 1 saturated heterocycles. The molecule has 0 amide bonds. The molecule has 18 heavy (non-hydrogen) atoms. The Kier molecular flexibility index (Phi) is 4.09. The van der Waals surface area contributed by atoms with Crippen molar-refractivity contribution in [3.63, 3.8) is 0 Å². The fourth-order valence-corrected chi connectivity index (χ4v) is 2.11. The summed E-state index contributed by atoms with van der Waals surface area (Å²) in [5.74, 6) is -0.633. The molecule has 1 atom stereocenters. The fourth-order valence-electron chi connectivity index (χ4n) is 2.11. The lowest BCUT2D eigenvalue weighted by atomic mass is 10.2. The third kappa shape index (κ3) is 2.76. The van der Waals surface area contributed by atoms with Crippen molar-refractivity contribution in [2.45, 2.75) is 25.9 Å². The number of anilines is 1. The number of aromatic nitrogens is 2. The molecule has 1 aliphatic heterocycles. The minimum atomic E-state index is -1.05. The van der Waals surface area contributed by atoms with E-state index in [9.17, 15) is 4.79 Å². The van der Waals surface area contributed by atoms with Gasteiger partial charge in [0.25, 0.3) is 0 Å². The second-order valence-electron chi connectivity index (χ2n) is 4.21. The van der Waals surface area contributed by atoms with Crippen LogP contribution in [0.25, 0.3) is 0 Å². The molecule has 0 aliphatic carbocycles. The number of hydrogen-bond acceptors (Lipinski definition) is 5. The summed E-state index contributed by atoms with van der Waals surface area (Å²) in [6, 6.07) is 0. The number of carboxylic acids is 1. The molecule has 1 unspecified atom stereocenters. The maximum atomic E-state index is 11.1. The first kappa shape index (κ1) is 12.8. The van der Waals surface area contributed by atoms with Crippen molar-refractivity contribution in [3.8, 4) is 0 Å². The van der Waals surface area contributed by atoms with Crippen LogP contribution >= 0.6 is 0 Å². The molecule has 1 aliphatic rings. The average Bonchev–Trinajstić information content (AvgIpc) is 2.88. The smallest absolute Gasteiger partial charge is 0.358 e. The molecular weight excluding hydrogens is 234 g/mol. The number of aromatic carboxylic acids is 1. The van der Waals surface area contributed by atoms with Crippen LogP contribution < -0.4 is 4.90 Å². The Hall–Kier alpha value is -1.69. The van der Waals surface area contributed by atoms with E-state index in [-0.39, 0.29) is 11.8 Å². The highest BCUT2D eigenvalue weighted by molar-refractivity contribution is 5.90. The average molecular weight is 251 g/mol. The predicted octanol–water partition coefficient (Wildman–Crippen LogP) is 1.18. The highest BCUT2D eigenvalue weighted by Crippen LogP contribution is 2.19. The summed E-state index contributed by atoms with van der Waals surface area (Å²) < 4.78 is 5.57. The Morgan fingerprint density at radius 2 is 2.33 bits per heavy atom. The van der Waals surface area contributed by atoms with Gasteiger partial charge in [0.2, 0.25) is 0 Å². The molecule has 2 rings (SSSR count). The van der Waals surface area contributed by atoms with Gasteiger partial charge in [-0.25, -0.2) is 14.8 Å². The molecule has 98 valence electrons. The molecule has 0 spiro atoms. The Bertz CT molecular complexity index is 419. The van der Waals surface area contributed by atoms with Crippen LogP contribution in [0.1, 0.15) is 30.3 Å². The van der Waals surface area contributed by atoms with E-state index in [1.807, 2.05) is 11.8 Å². The van der Waals surface area contributed by atoms with Crippen LogP contribution in [0.3, 0.4) is 0 Å². The summed E-state index contributed by atoms with van der Waals surface area (Å²) in [5.41, 5.74) is -0.00246. The van der Waals surface area contributed by atoms with Gasteiger partial charge in [0.1, 0.15) is 0 Å². The number of likely N-dealkylation sites (N-methyl/N-ethyl adjacent to an activating group) is 1. The number of nitrogens with zero attached hydrogens (tertiary/aromatic N) is 3. The van der Waals surface area contributed by atoms with Gasteiger partial charge in [-0.1, -0.05) is 0 Å². The first-order chi connectivity index (χ1) is 8.72. The Morgan fingerprint density at radius 1 is 1.56 bits per heavy atom. The van der Waals surface area contributed by atoms with Crippen molar-refractivity contribution >= 4 is 11.8 Å². The van der Waals surface area contributed by atoms with Gasteiger partial charge in [0.05, 0.1) is 6.10 Å². The molecule has 1 aromatic rings. The van der Waals surface area contributed by atoms with E-state index in [1.165, 1.54) is 12.4 Å². The zero-order chi connectivity index (χ0) is 13.0. The number of carbonyl (C=O) groups is 1. The maximum absolute atomic E-state index is 11.1. The summed E-state index contributed by atoms with van der Waals surface area (Å²) in [4.78, 5) is 21.0. The topological polar surface area (TPSA) is 75.5 Å². The first-order valence-corrected chi connectivity index (χ1v) is 6.13. The summed E-state index contributed by atoms with van der Waals surface area (Å²) >= 11 is 0. The van der Waals surface area contributed by atoms with Gasteiger partial charge in [0.15, 0.2) is 11.5 Å².